The summed E-state index contributed by atoms with van der Waals surface area (Å²) in [5.74, 6) is 1.77. The number of nitrogens with zero attached hydrogens (tertiary/aromatic N) is 7. The summed E-state index contributed by atoms with van der Waals surface area (Å²) < 4.78 is 1.76. The normalized spacial score (nSPS) is 15.4. The van der Waals surface area contributed by atoms with Crippen LogP contribution in [0.3, 0.4) is 0 Å². The lowest BCUT2D eigenvalue weighted by molar-refractivity contribution is 0.260. The smallest absolute Gasteiger partial charge is 0.158 e. The third-order valence-corrected chi connectivity index (χ3v) is 4.51. The Hall–Kier alpha value is -2.80. The lowest BCUT2D eigenvalue weighted by Crippen LogP contribution is -2.47. The van der Waals surface area contributed by atoms with Crippen LogP contribution in [0.25, 0.3) is 5.82 Å². The fourth-order valence-electron chi connectivity index (χ4n) is 3.07. The van der Waals surface area contributed by atoms with E-state index in [2.05, 4.69) is 35.9 Å². The summed E-state index contributed by atoms with van der Waals surface area (Å²) in [5, 5.41) is 4.23. The second-order valence-electron chi connectivity index (χ2n) is 6.12. The van der Waals surface area contributed by atoms with Crippen LogP contribution in [0.2, 0.25) is 0 Å². The third kappa shape index (κ3) is 3.83. The third-order valence-electron chi connectivity index (χ3n) is 4.51. The molecule has 3 aromatic heterocycles. The molecule has 0 radical (unpaired) electrons. The average molecular weight is 335 g/mol. The first-order chi connectivity index (χ1) is 12.4. The van der Waals surface area contributed by atoms with Gasteiger partial charge in [-0.25, -0.2) is 14.6 Å². The van der Waals surface area contributed by atoms with Crippen molar-refractivity contribution < 1.29 is 0 Å². The summed E-state index contributed by atoms with van der Waals surface area (Å²) in [6.45, 7) is 5.11. The fraction of sp³-hybridized carbons (Fsp3) is 0.333. The zero-order valence-corrected chi connectivity index (χ0v) is 14.1. The summed E-state index contributed by atoms with van der Waals surface area (Å²) in [5.41, 5.74) is 1.30. The monoisotopic (exact) mass is 335 g/mol. The van der Waals surface area contributed by atoms with E-state index in [9.17, 15) is 0 Å². The van der Waals surface area contributed by atoms with Crippen LogP contribution in [0, 0.1) is 0 Å². The van der Waals surface area contributed by atoms with Gasteiger partial charge in [0.15, 0.2) is 5.82 Å². The van der Waals surface area contributed by atoms with E-state index in [1.54, 1.807) is 17.2 Å². The molecule has 0 N–H and O–H groups in total. The molecule has 0 atom stereocenters. The van der Waals surface area contributed by atoms with Crippen molar-refractivity contribution in [2.24, 2.45) is 0 Å². The highest BCUT2D eigenvalue weighted by atomic mass is 15.3. The molecule has 4 heterocycles. The van der Waals surface area contributed by atoms with Gasteiger partial charge in [-0.05, 0) is 24.1 Å². The first-order valence-corrected chi connectivity index (χ1v) is 8.57. The van der Waals surface area contributed by atoms with Gasteiger partial charge in [0.1, 0.15) is 12.1 Å². The second-order valence-corrected chi connectivity index (χ2v) is 6.12. The largest absolute Gasteiger partial charge is 0.354 e. The lowest BCUT2D eigenvalue weighted by Gasteiger charge is -2.35. The van der Waals surface area contributed by atoms with Gasteiger partial charge in [-0.15, -0.1) is 0 Å². The van der Waals surface area contributed by atoms with Gasteiger partial charge in [0.25, 0.3) is 0 Å². The van der Waals surface area contributed by atoms with E-state index < -0.39 is 0 Å². The Morgan fingerprint density at radius 1 is 0.960 bits per heavy atom. The molecule has 7 nitrogen and oxygen atoms in total. The summed E-state index contributed by atoms with van der Waals surface area (Å²) in [6.07, 6.45) is 10.1. The van der Waals surface area contributed by atoms with Gasteiger partial charge in [-0.2, -0.15) is 5.10 Å². The average Bonchev–Trinajstić information content (AvgIpc) is 3.23. The highest BCUT2D eigenvalue weighted by molar-refractivity contribution is 5.43. The van der Waals surface area contributed by atoms with Crippen LogP contribution in [-0.4, -0.2) is 62.4 Å². The number of hydrogen-bond acceptors (Lipinski definition) is 6. The Balaban J connectivity index is 1.33. The quantitative estimate of drug-likeness (QED) is 0.703. The highest BCUT2D eigenvalue weighted by Crippen LogP contribution is 2.15. The van der Waals surface area contributed by atoms with Crippen molar-refractivity contribution in [2.75, 3.05) is 37.6 Å². The van der Waals surface area contributed by atoms with Crippen molar-refractivity contribution in [3.8, 4) is 5.82 Å². The number of anilines is 1. The van der Waals surface area contributed by atoms with Crippen LogP contribution in [0.1, 0.15) is 5.56 Å². The second kappa shape index (κ2) is 7.40. The standard InChI is InChI=1S/C18H21N7/c1-3-16(14-19-5-1)4-8-23-9-11-24(12-10-23)17-13-18(21-15-20-17)25-7-2-6-22-25/h1-3,5-7,13-15H,4,8-12H2. The number of rotatable bonds is 5. The topological polar surface area (TPSA) is 63.0 Å². The van der Waals surface area contributed by atoms with E-state index in [-0.39, 0.29) is 0 Å². The molecule has 0 unspecified atom stereocenters. The van der Waals surface area contributed by atoms with Crippen LogP contribution in [0.4, 0.5) is 5.82 Å². The van der Waals surface area contributed by atoms with Crippen molar-refractivity contribution in [3.63, 3.8) is 0 Å². The molecule has 4 rings (SSSR count). The van der Waals surface area contributed by atoms with E-state index in [0.717, 1.165) is 50.8 Å². The number of pyridine rings is 1. The molecule has 0 bridgehead atoms. The van der Waals surface area contributed by atoms with Gasteiger partial charge in [0.2, 0.25) is 0 Å². The number of hydrogen-bond donors (Lipinski definition) is 0. The maximum Gasteiger partial charge on any atom is 0.158 e. The Kier molecular flexibility index (Phi) is 4.65. The Labute approximate surface area is 147 Å². The summed E-state index contributed by atoms with van der Waals surface area (Å²) >= 11 is 0. The van der Waals surface area contributed by atoms with E-state index in [4.69, 9.17) is 0 Å². The lowest BCUT2D eigenvalue weighted by atomic mass is 10.2. The molecule has 1 aliphatic rings. The first kappa shape index (κ1) is 15.7. The van der Waals surface area contributed by atoms with Crippen molar-refractivity contribution in [2.45, 2.75) is 6.42 Å². The summed E-state index contributed by atoms with van der Waals surface area (Å²) in [7, 11) is 0. The molecule has 0 saturated carbocycles. The minimum absolute atomic E-state index is 0.800. The molecule has 0 amide bonds. The van der Waals surface area contributed by atoms with Gasteiger partial charge in [-0.3, -0.25) is 9.88 Å². The van der Waals surface area contributed by atoms with E-state index in [1.165, 1.54) is 5.56 Å². The van der Waals surface area contributed by atoms with Crippen LogP contribution in [0.5, 0.6) is 0 Å². The molecular weight excluding hydrogens is 314 g/mol. The van der Waals surface area contributed by atoms with Gasteiger partial charge in [-0.1, -0.05) is 6.07 Å². The minimum atomic E-state index is 0.800. The van der Waals surface area contributed by atoms with Gasteiger partial charge < -0.3 is 4.90 Å². The molecule has 1 saturated heterocycles. The minimum Gasteiger partial charge on any atom is -0.354 e. The summed E-state index contributed by atoms with van der Waals surface area (Å²) in [4.78, 5) is 17.7. The molecule has 3 aromatic rings. The molecule has 0 spiro atoms. The highest BCUT2D eigenvalue weighted by Gasteiger charge is 2.18. The first-order valence-electron chi connectivity index (χ1n) is 8.57. The molecule has 128 valence electrons. The summed E-state index contributed by atoms with van der Waals surface area (Å²) in [6, 6.07) is 8.03. The molecule has 7 heteroatoms. The molecule has 0 aliphatic carbocycles. The van der Waals surface area contributed by atoms with Crippen molar-refractivity contribution >= 4 is 5.82 Å². The van der Waals surface area contributed by atoms with E-state index in [1.807, 2.05) is 36.8 Å². The molecule has 25 heavy (non-hydrogen) atoms. The SMILES string of the molecule is c1cncc(CCN2CCN(c3cc(-n4cccn4)ncn3)CC2)c1. The molecule has 1 aliphatic heterocycles. The van der Waals surface area contributed by atoms with Crippen molar-refractivity contribution in [1.29, 1.82) is 0 Å². The van der Waals surface area contributed by atoms with Crippen molar-refractivity contribution in [3.05, 3.63) is 60.9 Å². The zero-order chi connectivity index (χ0) is 16.9. The Morgan fingerprint density at radius 3 is 2.60 bits per heavy atom. The Morgan fingerprint density at radius 2 is 1.84 bits per heavy atom. The zero-order valence-electron chi connectivity index (χ0n) is 14.1. The van der Waals surface area contributed by atoms with E-state index >= 15 is 0 Å². The van der Waals surface area contributed by atoms with Crippen molar-refractivity contribution in [1.82, 2.24) is 29.6 Å². The van der Waals surface area contributed by atoms with Gasteiger partial charge in [0, 0.05) is 63.6 Å². The maximum absolute atomic E-state index is 4.44. The van der Waals surface area contributed by atoms with Crippen LogP contribution in [-0.2, 0) is 6.42 Å². The fourth-order valence-corrected chi connectivity index (χ4v) is 3.07. The molecule has 0 aromatic carbocycles. The predicted octanol–water partition coefficient (Wildman–Crippen LogP) is 1.42. The number of piperazine rings is 1. The van der Waals surface area contributed by atoms with E-state index in [0.29, 0.717) is 0 Å². The predicted molar refractivity (Wildman–Crippen MR) is 95.7 cm³/mol. The van der Waals surface area contributed by atoms with Gasteiger partial charge >= 0.3 is 0 Å². The van der Waals surface area contributed by atoms with Crippen LogP contribution >= 0.6 is 0 Å². The van der Waals surface area contributed by atoms with Gasteiger partial charge in [0.05, 0.1) is 0 Å². The number of aromatic nitrogens is 5. The molecular formula is C18H21N7. The van der Waals surface area contributed by atoms with Crippen LogP contribution < -0.4 is 4.90 Å². The molecule has 1 fully saturated rings. The van der Waals surface area contributed by atoms with Crippen LogP contribution in [0.15, 0.2) is 55.4 Å². The Bertz CT molecular complexity index is 780. The maximum atomic E-state index is 4.44.